The van der Waals surface area contributed by atoms with Gasteiger partial charge < -0.3 is 24.5 Å². The number of nitrogens with zero attached hydrogens (tertiary/aromatic N) is 1. The van der Waals surface area contributed by atoms with Crippen molar-refractivity contribution in [3.63, 3.8) is 0 Å². The largest absolute Gasteiger partial charge is 0.494 e. The summed E-state index contributed by atoms with van der Waals surface area (Å²) in [5, 5.41) is 3.96. The molecular weight excluding hydrogens is 418 g/mol. The summed E-state index contributed by atoms with van der Waals surface area (Å²) in [6.45, 7) is 6.17. The van der Waals surface area contributed by atoms with Gasteiger partial charge in [-0.25, -0.2) is 0 Å². The smallest absolute Gasteiger partial charge is 0.267 e. The van der Waals surface area contributed by atoms with Crippen LogP contribution in [0.2, 0.25) is 0 Å². The second-order valence-electron chi connectivity index (χ2n) is 8.37. The predicted octanol–water partition coefficient (Wildman–Crippen LogP) is 3.99. The number of H-pyrrole nitrogens is 1. The van der Waals surface area contributed by atoms with Gasteiger partial charge in [-0.1, -0.05) is 12.1 Å². The van der Waals surface area contributed by atoms with Crippen LogP contribution in [0, 0.1) is 0 Å². The maximum Gasteiger partial charge on any atom is 0.267 e. The Labute approximate surface area is 195 Å². The normalized spacial score (nSPS) is 14.5. The minimum absolute atomic E-state index is 0.145. The van der Waals surface area contributed by atoms with Crippen LogP contribution in [0.3, 0.4) is 0 Å². The molecule has 1 aliphatic rings. The van der Waals surface area contributed by atoms with E-state index in [9.17, 15) is 4.79 Å². The first kappa shape index (κ1) is 23.1. The molecule has 4 rings (SSSR count). The number of fused-ring (bicyclic) bond motifs is 1. The highest BCUT2D eigenvalue weighted by atomic mass is 16.5. The number of carbonyl (C=O) groups excluding carboxylic acids is 1. The number of amides is 1. The molecule has 1 fully saturated rings. The van der Waals surface area contributed by atoms with Gasteiger partial charge in [0.1, 0.15) is 23.8 Å². The van der Waals surface area contributed by atoms with Crippen LogP contribution in [0.4, 0.5) is 0 Å². The van der Waals surface area contributed by atoms with Gasteiger partial charge >= 0.3 is 0 Å². The number of aromatic nitrogens is 1. The Morgan fingerprint density at radius 3 is 2.76 bits per heavy atom. The highest BCUT2D eigenvalue weighted by Gasteiger charge is 2.18. The number of carbonyl (C=O) groups is 1. The van der Waals surface area contributed by atoms with Crippen molar-refractivity contribution < 1.29 is 19.0 Å². The van der Waals surface area contributed by atoms with Gasteiger partial charge in [0.2, 0.25) is 0 Å². The van der Waals surface area contributed by atoms with Crippen molar-refractivity contribution in [3.8, 4) is 11.5 Å². The Hall–Kier alpha value is -3.03. The van der Waals surface area contributed by atoms with Crippen LogP contribution in [0.1, 0.15) is 35.8 Å². The second kappa shape index (κ2) is 11.2. The van der Waals surface area contributed by atoms with E-state index in [2.05, 4.69) is 22.2 Å². The molecule has 2 N–H and O–H groups in total. The van der Waals surface area contributed by atoms with Gasteiger partial charge in [0.25, 0.3) is 5.91 Å². The van der Waals surface area contributed by atoms with Gasteiger partial charge in [-0.3, -0.25) is 9.69 Å². The number of benzene rings is 2. The topological polar surface area (TPSA) is 75.8 Å². The third-order valence-corrected chi connectivity index (χ3v) is 6.03. The van der Waals surface area contributed by atoms with Crippen molar-refractivity contribution in [2.24, 2.45) is 0 Å². The van der Waals surface area contributed by atoms with E-state index in [1.165, 1.54) is 0 Å². The van der Waals surface area contributed by atoms with Crippen LogP contribution >= 0.6 is 0 Å². The molecule has 1 saturated heterocycles. The molecule has 33 heavy (non-hydrogen) atoms. The summed E-state index contributed by atoms with van der Waals surface area (Å²) >= 11 is 0. The molecule has 2 heterocycles. The average Bonchev–Trinajstić information content (AvgIpc) is 3.27. The van der Waals surface area contributed by atoms with Gasteiger partial charge in [0.05, 0.1) is 6.61 Å². The Morgan fingerprint density at radius 1 is 1.12 bits per heavy atom. The zero-order valence-electron chi connectivity index (χ0n) is 19.4. The zero-order valence-corrected chi connectivity index (χ0v) is 19.4. The summed E-state index contributed by atoms with van der Waals surface area (Å²) in [6, 6.07) is 16.1. The molecule has 1 aliphatic heterocycles. The number of likely N-dealkylation sites (N-methyl/N-ethyl adjacent to an activating group) is 1. The van der Waals surface area contributed by atoms with Crippen molar-refractivity contribution in [1.82, 2.24) is 15.2 Å². The maximum absolute atomic E-state index is 12.7. The summed E-state index contributed by atoms with van der Waals surface area (Å²) in [5.74, 6) is 1.46. The summed E-state index contributed by atoms with van der Waals surface area (Å²) in [4.78, 5) is 18.2. The molecule has 1 aromatic heterocycles. The van der Waals surface area contributed by atoms with E-state index >= 15 is 0 Å². The first-order valence-corrected chi connectivity index (χ1v) is 11.7. The molecule has 0 atom stereocenters. The number of nitrogens with one attached hydrogen (secondary N) is 2. The monoisotopic (exact) mass is 451 g/mol. The van der Waals surface area contributed by atoms with E-state index in [-0.39, 0.29) is 5.91 Å². The average molecular weight is 452 g/mol. The second-order valence-corrected chi connectivity index (χ2v) is 8.37. The first-order chi connectivity index (χ1) is 16.1. The van der Waals surface area contributed by atoms with Crippen molar-refractivity contribution in [2.75, 3.05) is 40.0 Å². The standard InChI is InChI=1S/C26H33N3O4/c1-3-32-23-8-7-20-16-25(28-24(20)17-23)26(30)27-18-19-5-4-6-22(15-19)33-14-11-29(2)21-9-12-31-13-10-21/h4-8,15-17,21,28H,3,9-14,18H2,1-2H3,(H,27,30). The highest BCUT2D eigenvalue weighted by molar-refractivity contribution is 5.98. The van der Waals surface area contributed by atoms with Crippen molar-refractivity contribution >= 4 is 16.8 Å². The van der Waals surface area contributed by atoms with Gasteiger partial charge in [-0.15, -0.1) is 0 Å². The summed E-state index contributed by atoms with van der Waals surface area (Å²) in [7, 11) is 2.15. The Balaban J connectivity index is 1.27. The lowest BCUT2D eigenvalue weighted by Crippen LogP contribution is -2.38. The highest BCUT2D eigenvalue weighted by Crippen LogP contribution is 2.22. The van der Waals surface area contributed by atoms with Crippen LogP contribution in [-0.2, 0) is 11.3 Å². The van der Waals surface area contributed by atoms with E-state index in [1.54, 1.807) is 0 Å². The Morgan fingerprint density at radius 2 is 1.94 bits per heavy atom. The van der Waals surface area contributed by atoms with Crippen molar-refractivity contribution in [1.29, 1.82) is 0 Å². The third kappa shape index (κ3) is 6.27. The van der Waals surface area contributed by atoms with Crippen LogP contribution in [-0.4, -0.2) is 61.9 Å². The van der Waals surface area contributed by atoms with Gasteiger partial charge in [-0.05, 0) is 62.7 Å². The van der Waals surface area contributed by atoms with E-state index in [0.717, 1.165) is 60.6 Å². The van der Waals surface area contributed by atoms with Gasteiger partial charge in [0.15, 0.2) is 0 Å². The fourth-order valence-corrected chi connectivity index (χ4v) is 4.12. The van der Waals surface area contributed by atoms with Crippen LogP contribution in [0.15, 0.2) is 48.5 Å². The molecule has 0 bridgehead atoms. The number of hydrogen-bond acceptors (Lipinski definition) is 5. The molecule has 7 nitrogen and oxygen atoms in total. The summed E-state index contributed by atoms with van der Waals surface area (Å²) in [6.07, 6.45) is 2.16. The molecule has 1 amide bonds. The molecule has 176 valence electrons. The molecule has 0 saturated carbocycles. The number of hydrogen-bond donors (Lipinski definition) is 2. The van der Waals surface area contributed by atoms with E-state index in [0.29, 0.717) is 31.5 Å². The molecule has 0 aliphatic carbocycles. The number of aromatic amines is 1. The zero-order chi connectivity index (χ0) is 23.0. The van der Waals surface area contributed by atoms with Crippen LogP contribution in [0.5, 0.6) is 11.5 Å². The van der Waals surface area contributed by atoms with Gasteiger partial charge in [-0.2, -0.15) is 0 Å². The van der Waals surface area contributed by atoms with Crippen LogP contribution in [0.25, 0.3) is 10.9 Å². The fraction of sp³-hybridized carbons (Fsp3) is 0.423. The molecule has 2 aromatic carbocycles. The molecule has 3 aromatic rings. The van der Waals surface area contributed by atoms with E-state index in [4.69, 9.17) is 14.2 Å². The third-order valence-electron chi connectivity index (χ3n) is 6.03. The minimum Gasteiger partial charge on any atom is -0.494 e. The molecule has 7 heteroatoms. The minimum atomic E-state index is -0.145. The number of ether oxygens (including phenoxy) is 3. The molecule has 0 unspecified atom stereocenters. The number of rotatable bonds is 10. The van der Waals surface area contributed by atoms with E-state index in [1.807, 2.05) is 55.5 Å². The summed E-state index contributed by atoms with van der Waals surface area (Å²) in [5.41, 5.74) is 2.41. The van der Waals surface area contributed by atoms with Gasteiger partial charge in [0, 0.05) is 49.3 Å². The quantitative estimate of drug-likeness (QED) is 0.488. The lowest BCUT2D eigenvalue weighted by molar-refractivity contribution is 0.0392. The lowest BCUT2D eigenvalue weighted by atomic mass is 10.1. The molecule has 0 spiro atoms. The predicted molar refractivity (Wildman–Crippen MR) is 129 cm³/mol. The maximum atomic E-state index is 12.7. The molecule has 0 radical (unpaired) electrons. The van der Waals surface area contributed by atoms with E-state index < -0.39 is 0 Å². The fourth-order valence-electron chi connectivity index (χ4n) is 4.12. The van der Waals surface area contributed by atoms with Crippen LogP contribution < -0.4 is 14.8 Å². The first-order valence-electron chi connectivity index (χ1n) is 11.7. The Bertz CT molecular complexity index is 1060. The molecular formula is C26H33N3O4. The SMILES string of the molecule is CCOc1ccc2cc(C(=O)NCc3cccc(OCCN(C)C4CCOCC4)c3)[nH]c2c1. The van der Waals surface area contributed by atoms with Crippen molar-refractivity contribution in [2.45, 2.75) is 32.4 Å². The lowest BCUT2D eigenvalue weighted by Gasteiger charge is -2.31. The summed E-state index contributed by atoms with van der Waals surface area (Å²) < 4.78 is 16.9. The Kier molecular flexibility index (Phi) is 7.86. The van der Waals surface area contributed by atoms with Crippen molar-refractivity contribution in [3.05, 3.63) is 59.8 Å².